The summed E-state index contributed by atoms with van der Waals surface area (Å²) in [7, 11) is 0. The second-order valence-electron chi connectivity index (χ2n) is 7.26. The van der Waals surface area contributed by atoms with Gasteiger partial charge in [-0.25, -0.2) is 4.79 Å². The summed E-state index contributed by atoms with van der Waals surface area (Å²) in [6, 6.07) is 11.9. The van der Waals surface area contributed by atoms with Crippen molar-refractivity contribution in [2.75, 3.05) is 13.2 Å². The maximum Gasteiger partial charge on any atom is 0.341 e. The lowest BCUT2D eigenvalue weighted by Crippen LogP contribution is -2.48. The average molecular weight is 452 g/mol. The van der Waals surface area contributed by atoms with Crippen molar-refractivity contribution in [2.24, 2.45) is 0 Å². The van der Waals surface area contributed by atoms with E-state index in [2.05, 4.69) is 10.3 Å². The number of benzene rings is 1. The predicted octanol–water partition coefficient (Wildman–Crippen LogP) is 4.18. The molecule has 5 rings (SSSR count). The van der Waals surface area contributed by atoms with Crippen molar-refractivity contribution < 1.29 is 14.3 Å². The number of carbonyl (C=O) groups excluding carboxylic acids is 2. The summed E-state index contributed by atoms with van der Waals surface area (Å²) in [6.45, 7) is 2.51. The maximum absolute atomic E-state index is 13.8. The molecular formula is C23H21N3O3S2. The Balaban J connectivity index is 1.59. The highest BCUT2D eigenvalue weighted by Crippen LogP contribution is 2.43. The fraction of sp³-hybridized carbons (Fsp3) is 0.217. The van der Waals surface area contributed by atoms with E-state index >= 15 is 0 Å². The lowest BCUT2D eigenvalue weighted by molar-refractivity contribution is -0.136. The molecule has 0 spiro atoms. The highest BCUT2D eigenvalue weighted by molar-refractivity contribution is 8.04. The minimum atomic E-state index is -0.926. The number of rotatable bonds is 4. The average Bonchev–Trinajstić information content (AvgIpc) is 3.52. The van der Waals surface area contributed by atoms with Gasteiger partial charge in [0.25, 0.3) is 5.91 Å². The van der Waals surface area contributed by atoms with Gasteiger partial charge in [-0.1, -0.05) is 36.0 Å². The van der Waals surface area contributed by atoms with Crippen LogP contribution in [0.2, 0.25) is 0 Å². The molecule has 6 nitrogen and oxygen atoms in total. The molecular weight excluding hydrogens is 430 g/mol. The van der Waals surface area contributed by atoms with Crippen molar-refractivity contribution in [2.45, 2.75) is 18.2 Å². The smallest absolute Gasteiger partial charge is 0.341 e. The minimum absolute atomic E-state index is 0.110. The number of fused-ring (bicyclic) bond motifs is 3. The van der Waals surface area contributed by atoms with Gasteiger partial charge in [0, 0.05) is 29.8 Å². The molecule has 2 aliphatic rings. The Labute approximate surface area is 188 Å². The number of hydrogen-bond donors (Lipinski definition) is 2. The van der Waals surface area contributed by atoms with Crippen molar-refractivity contribution in [3.05, 3.63) is 75.7 Å². The zero-order valence-corrected chi connectivity index (χ0v) is 18.5. The normalized spacial score (nSPS) is 20.2. The fourth-order valence-electron chi connectivity index (χ4n) is 4.08. The van der Waals surface area contributed by atoms with Crippen LogP contribution in [0, 0.1) is 0 Å². The second-order valence-corrected chi connectivity index (χ2v) is 9.33. The Kier molecular flexibility index (Phi) is 5.11. The van der Waals surface area contributed by atoms with Crippen molar-refractivity contribution >= 4 is 51.5 Å². The number of carbonyl (C=O) groups is 2. The number of aromatic amines is 1. The number of thiophene rings is 1. The molecule has 1 aromatic carbocycles. The van der Waals surface area contributed by atoms with Crippen LogP contribution in [0.15, 0.2) is 59.6 Å². The molecule has 2 aromatic heterocycles. The molecule has 0 bridgehead atoms. The van der Waals surface area contributed by atoms with Crippen LogP contribution in [0.3, 0.4) is 0 Å². The van der Waals surface area contributed by atoms with Crippen molar-refractivity contribution in [3.8, 4) is 0 Å². The van der Waals surface area contributed by atoms with Crippen molar-refractivity contribution in [1.82, 2.24) is 15.2 Å². The first-order chi connectivity index (χ1) is 15.1. The monoisotopic (exact) mass is 451 g/mol. The number of esters is 1. The number of amides is 1. The lowest BCUT2D eigenvalue weighted by Gasteiger charge is -2.31. The van der Waals surface area contributed by atoms with Crippen LogP contribution in [-0.2, 0) is 25.6 Å². The van der Waals surface area contributed by atoms with E-state index in [9.17, 15) is 9.59 Å². The molecule has 1 unspecified atom stereocenters. The number of H-pyrrole nitrogens is 1. The first-order valence-electron chi connectivity index (χ1n) is 10.1. The third kappa shape index (κ3) is 3.26. The molecule has 0 saturated heterocycles. The fourth-order valence-corrected chi connectivity index (χ4v) is 6.02. The minimum Gasteiger partial charge on any atom is -0.462 e. The first kappa shape index (κ1) is 20.0. The van der Waals surface area contributed by atoms with Gasteiger partial charge >= 0.3 is 5.97 Å². The molecule has 158 valence electrons. The third-order valence-corrected chi connectivity index (χ3v) is 7.75. The van der Waals surface area contributed by atoms with Gasteiger partial charge in [-0.05, 0) is 41.8 Å². The van der Waals surface area contributed by atoms with Crippen LogP contribution >= 0.6 is 23.1 Å². The number of nitrogens with zero attached hydrogens (tertiary/aromatic N) is 1. The second kappa shape index (κ2) is 7.94. The topological polar surface area (TPSA) is 74.4 Å². The van der Waals surface area contributed by atoms with E-state index in [0.717, 1.165) is 27.0 Å². The van der Waals surface area contributed by atoms with E-state index in [1.54, 1.807) is 24.2 Å². The summed E-state index contributed by atoms with van der Waals surface area (Å²) in [6.07, 6.45) is 4.08. The summed E-state index contributed by atoms with van der Waals surface area (Å²) in [5.74, 6) is -0.549. The van der Waals surface area contributed by atoms with Gasteiger partial charge in [0.15, 0.2) is 0 Å². The SMILES string of the molecule is CCOC(=O)C1=CN(C(=O)C2(c3cccs3)NC=CS2)CCc2c1[nH]c1ccccc21. The molecule has 1 amide bonds. The summed E-state index contributed by atoms with van der Waals surface area (Å²) in [5.41, 5.74) is 3.09. The zero-order chi connectivity index (χ0) is 21.4. The van der Waals surface area contributed by atoms with E-state index in [1.165, 1.54) is 23.1 Å². The van der Waals surface area contributed by atoms with E-state index in [0.29, 0.717) is 18.5 Å². The Hall–Kier alpha value is -2.97. The van der Waals surface area contributed by atoms with Gasteiger partial charge in [-0.3, -0.25) is 4.79 Å². The van der Waals surface area contributed by atoms with Gasteiger partial charge in [0.05, 0.1) is 22.8 Å². The van der Waals surface area contributed by atoms with Crippen LogP contribution in [0.1, 0.15) is 23.1 Å². The predicted molar refractivity (Wildman–Crippen MR) is 124 cm³/mol. The number of ether oxygens (including phenoxy) is 1. The Morgan fingerprint density at radius 3 is 2.84 bits per heavy atom. The molecule has 31 heavy (non-hydrogen) atoms. The molecule has 0 saturated carbocycles. The zero-order valence-electron chi connectivity index (χ0n) is 16.9. The molecule has 3 aromatic rings. The van der Waals surface area contributed by atoms with Crippen LogP contribution < -0.4 is 5.32 Å². The van der Waals surface area contributed by atoms with E-state index in [-0.39, 0.29) is 12.5 Å². The molecule has 0 fully saturated rings. The molecule has 1 atom stereocenters. The van der Waals surface area contributed by atoms with Gasteiger partial charge in [0.1, 0.15) is 0 Å². The number of nitrogens with one attached hydrogen (secondary N) is 2. The molecule has 0 radical (unpaired) electrons. The Morgan fingerprint density at radius 2 is 2.10 bits per heavy atom. The first-order valence-corrected chi connectivity index (χ1v) is 11.8. The van der Waals surface area contributed by atoms with Crippen molar-refractivity contribution in [1.29, 1.82) is 0 Å². The van der Waals surface area contributed by atoms with Crippen LogP contribution in [0.4, 0.5) is 0 Å². The van der Waals surface area contributed by atoms with Gasteiger partial charge in [-0.2, -0.15) is 0 Å². The number of para-hydroxylation sites is 1. The van der Waals surface area contributed by atoms with Crippen LogP contribution in [-0.4, -0.2) is 34.9 Å². The number of thioether (sulfide) groups is 1. The lowest BCUT2D eigenvalue weighted by atomic mass is 10.0. The van der Waals surface area contributed by atoms with Crippen LogP contribution in [0.25, 0.3) is 16.5 Å². The number of hydrogen-bond acceptors (Lipinski definition) is 6. The Morgan fingerprint density at radius 1 is 1.23 bits per heavy atom. The van der Waals surface area contributed by atoms with Crippen LogP contribution in [0.5, 0.6) is 0 Å². The van der Waals surface area contributed by atoms with Gasteiger partial charge in [0.2, 0.25) is 4.87 Å². The quantitative estimate of drug-likeness (QED) is 0.582. The molecule has 2 N–H and O–H groups in total. The summed E-state index contributed by atoms with van der Waals surface area (Å²) >= 11 is 2.97. The van der Waals surface area contributed by atoms with Gasteiger partial charge < -0.3 is 19.9 Å². The largest absolute Gasteiger partial charge is 0.462 e. The highest BCUT2D eigenvalue weighted by atomic mass is 32.2. The van der Waals surface area contributed by atoms with Crippen molar-refractivity contribution in [3.63, 3.8) is 0 Å². The summed E-state index contributed by atoms with van der Waals surface area (Å²) < 4.78 is 5.34. The molecule has 4 heterocycles. The van der Waals surface area contributed by atoms with Gasteiger partial charge in [-0.15, -0.1) is 11.3 Å². The third-order valence-electron chi connectivity index (χ3n) is 5.50. The van der Waals surface area contributed by atoms with E-state index < -0.39 is 10.8 Å². The maximum atomic E-state index is 13.8. The molecule has 8 heteroatoms. The van der Waals surface area contributed by atoms with E-state index in [1.807, 2.05) is 47.2 Å². The Bertz CT molecular complexity index is 1200. The standard InChI is InChI=1S/C23H21N3O3S2/c1-2-29-21(27)17-14-26(11-9-16-15-6-3-4-7-18(15)25-20(16)17)22(28)23(24-10-13-31-23)19-8-5-12-30-19/h3-8,10,12-14,24-25H,2,9,11H2,1H3. The summed E-state index contributed by atoms with van der Waals surface area (Å²) in [5, 5.41) is 8.17. The number of aromatic nitrogens is 1. The summed E-state index contributed by atoms with van der Waals surface area (Å²) in [4.78, 5) is 31.8. The highest BCUT2D eigenvalue weighted by Gasteiger charge is 2.46. The molecule has 0 aliphatic carbocycles. The van der Waals surface area contributed by atoms with E-state index in [4.69, 9.17) is 4.74 Å². The molecule has 2 aliphatic heterocycles.